The minimum atomic E-state index is 0. The Hall–Kier alpha value is -1.26. The van der Waals surface area contributed by atoms with Crippen molar-refractivity contribution in [3.05, 3.63) is 42.6 Å². The molecule has 2 heterocycles. The number of rotatable bonds is 14. The molecule has 3 aromatic rings. The van der Waals surface area contributed by atoms with Crippen molar-refractivity contribution in [2.45, 2.75) is 6.42 Å². The zero-order chi connectivity index (χ0) is 22.8. The fraction of sp³-hybridized carbons (Fsp3) is 0.458. The number of thiol groups is 2. The molecule has 0 amide bonds. The summed E-state index contributed by atoms with van der Waals surface area (Å²) in [6, 6.07) is 12.0. The topological polar surface area (TPSA) is 82.3 Å². The van der Waals surface area contributed by atoms with E-state index in [-0.39, 0.29) is 25.6 Å². The zero-order valence-corrected chi connectivity index (χ0v) is 23.4. The van der Waals surface area contributed by atoms with E-state index in [4.69, 9.17) is 9.15 Å². The molecule has 0 aliphatic heterocycles. The van der Waals surface area contributed by atoms with Crippen LogP contribution in [-0.4, -0.2) is 74.8 Å². The molecular formula is C24H34N4O3S2Tc-2. The molecule has 189 valence electrons. The number of furan rings is 1. The molecule has 0 aliphatic rings. The Kier molecular flexibility index (Phi) is 14.9. The average Bonchev–Trinajstić information content (AvgIpc) is 3.23. The van der Waals surface area contributed by atoms with E-state index in [0.717, 1.165) is 84.5 Å². The van der Waals surface area contributed by atoms with Crippen molar-refractivity contribution in [1.82, 2.24) is 15.2 Å². The molecule has 0 unspecified atom stereocenters. The van der Waals surface area contributed by atoms with Crippen molar-refractivity contribution in [1.29, 1.82) is 0 Å². The molecule has 0 spiro atoms. The molecule has 0 saturated heterocycles. The van der Waals surface area contributed by atoms with Crippen molar-refractivity contribution in [3.8, 4) is 17.1 Å². The van der Waals surface area contributed by atoms with Crippen LogP contribution in [-0.2, 0) is 25.6 Å². The van der Waals surface area contributed by atoms with Crippen molar-refractivity contribution in [2.24, 2.45) is 0 Å². The van der Waals surface area contributed by atoms with E-state index < -0.39 is 0 Å². The van der Waals surface area contributed by atoms with Crippen molar-refractivity contribution < 1.29 is 34.7 Å². The van der Waals surface area contributed by atoms with E-state index in [1.807, 2.05) is 61.6 Å². The molecule has 2 aromatic heterocycles. The second-order valence-electron chi connectivity index (χ2n) is 7.85. The Morgan fingerprint density at radius 2 is 1.82 bits per heavy atom. The maximum absolute atomic E-state index is 6.01. The minimum Gasteiger partial charge on any atom is -2.00 e. The summed E-state index contributed by atoms with van der Waals surface area (Å²) in [5, 5.41) is 4.42. The second-order valence-corrected chi connectivity index (χ2v) is 8.75. The van der Waals surface area contributed by atoms with Gasteiger partial charge in [0.15, 0.2) is 0 Å². The number of hydrogen-bond acceptors (Lipinski definition) is 8. The molecule has 1 aromatic carbocycles. The Labute approximate surface area is 227 Å². The molecule has 10 heteroatoms. The standard InChI is InChI=1S/C24H34N4O2S2.O.Tc/c1-27(2)24-7-4-19(18-26-24)23-17-20-16-21(5-6-22(20)30-23)29-13-3-10-28(12-15-32)11-8-25-9-14-31;;/h4-7,16-18,25,31-32H,3,8-15H2,1-2H3;;/q;-2;/i;;1+1. The van der Waals surface area contributed by atoms with Crippen molar-refractivity contribution in [2.75, 3.05) is 69.8 Å². The molecule has 0 atom stereocenters. The summed E-state index contributed by atoms with van der Waals surface area (Å²) in [6.45, 7) is 5.60. The third-order valence-corrected chi connectivity index (χ3v) is 5.60. The smallest absolute Gasteiger partial charge is 0.136 e. The van der Waals surface area contributed by atoms with Gasteiger partial charge < -0.3 is 29.7 Å². The maximum atomic E-state index is 6.01. The number of anilines is 1. The summed E-state index contributed by atoms with van der Waals surface area (Å²) in [5.74, 6) is 4.32. The van der Waals surface area contributed by atoms with Crippen LogP contribution in [0.4, 0.5) is 5.82 Å². The summed E-state index contributed by atoms with van der Waals surface area (Å²) in [7, 11) is 3.95. The molecule has 0 aliphatic carbocycles. The first-order valence-corrected chi connectivity index (χ1v) is 12.3. The van der Waals surface area contributed by atoms with Gasteiger partial charge >= 0.3 is 0 Å². The minimum absolute atomic E-state index is 0. The van der Waals surface area contributed by atoms with Crippen LogP contribution < -0.4 is 15.0 Å². The van der Waals surface area contributed by atoms with Gasteiger partial charge in [-0.05, 0) is 42.8 Å². The number of nitrogens with zero attached hydrogens (tertiary/aromatic N) is 3. The normalized spacial score (nSPS) is 10.7. The van der Waals surface area contributed by atoms with Gasteiger partial charge in [-0.1, -0.05) is 0 Å². The first-order chi connectivity index (χ1) is 15.6. The predicted octanol–water partition coefficient (Wildman–Crippen LogP) is 3.96. The molecule has 3 rings (SSSR count). The summed E-state index contributed by atoms with van der Waals surface area (Å²) in [4.78, 5) is 8.87. The van der Waals surface area contributed by atoms with Crippen LogP contribution in [0.5, 0.6) is 5.75 Å². The Bertz CT molecular complexity index is 957. The molecule has 0 fully saturated rings. The van der Waals surface area contributed by atoms with Gasteiger partial charge in [-0.3, -0.25) is 0 Å². The van der Waals surface area contributed by atoms with Gasteiger partial charge in [-0.15, -0.1) is 0 Å². The number of benzene rings is 1. The molecule has 1 N–H and O–H groups in total. The van der Waals surface area contributed by atoms with Crippen molar-refractivity contribution in [3.63, 3.8) is 0 Å². The van der Waals surface area contributed by atoms with Gasteiger partial charge in [-0.25, -0.2) is 4.98 Å². The van der Waals surface area contributed by atoms with Crippen LogP contribution >= 0.6 is 25.3 Å². The fourth-order valence-corrected chi connectivity index (χ4v) is 3.89. The number of aromatic nitrogens is 1. The fourth-order valence-electron chi connectivity index (χ4n) is 3.45. The van der Waals surface area contributed by atoms with Gasteiger partial charge in [0, 0.05) is 95.6 Å². The zero-order valence-electron chi connectivity index (χ0n) is 19.7. The molecular weight excluding hydrogens is 555 g/mol. The number of pyridine rings is 1. The van der Waals surface area contributed by atoms with Crippen LogP contribution in [0.3, 0.4) is 0 Å². The molecule has 1 radical (unpaired) electrons. The van der Waals surface area contributed by atoms with E-state index in [1.165, 1.54) is 0 Å². The van der Waals surface area contributed by atoms with Crippen LogP contribution in [0.25, 0.3) is 22.3 Å². The monoisotopic (exact) mass is 589 g/mol. The Morgan fingerprint density at radius 3 is 2.50 bits per heavy atom. The molecule has 0 bridgehead atoms. The first kappa shape index (κ1) is 30.8. The van der Waals surface area contributed by atoms with E-state index >= 15 is 0 Å². The van der Waals surface area contributed by atoms with Gasteiger partial charge in [0.25, 0.3) is 0 Å². The van der Waals surface area contributed by atoms with E-state index in [1.54, 1.807) is 0 Å². The predicted molar refractivity (Wildman–Crippen MR) is 142 cm³/mol. The van der Waals surface area contributed by atoms with Gasteiger partial charge in [0.2, 0.25) is 0 Å². The van der Waals surface area contributed by atoms with Gasteiger partial charge in [0.1, 0.15) is 22.9 Å². The molecule has 7 nitrogen and oxygen atoms in total. The van der Waals surface area contributed by atoms with E-state index in [0.29, 0.717) is 6.61 Å². The quantitative estimate of drug-likeness (QED) is 0.195. The number of hydrogen-bond donors (Lipinski definition) is 3. The third-order valence-electron chi connectivity index (χ3n) is 5.18. The van der Waals surface area contributed by atoms with Gasteiger partial charge in [-0.2, -0.15) is 25.3 Å². The SMILES string of the molecule is CN(C)c1ccc(-c2cc3cc(OCCCN(CCS)CCNCCS)ccc3o2)cn1.[99Tc].[O-2]. The molecule has 34 heavy (non-hydrogen) atoms. The van der Waals surface area contributed by atoms with Crippen LogP contribution in [0.1, 0.15) is 6.42 Å². The Morgan fingerprint density at radius 1 is 1.00 bits per heavy atom. The largest absolute Gasteiger partial charge is 2.00 e. The van der Waals surface area contributed by atoms with E-state index in [9.17, 15) is 0 Å². The summed E-state index contributed by atoms with van der Waals surface area (Å²) in [6.07, 6.45) is 2.81. The van der Waals surface area contributed by atoms with Crippen molar-refractivity contribution >= 4 is 42.0 Å². The van der Waals surface area contributed by atoms with Crippen LogP contribution in [0.2, 0.25) is 0 Å². The summed E-state index contributed by atoms with van der Waals surface area (Å²) >= 11 is 8.61. The molecule has 0 saturated carbocycles. The average molecular weight is 590 g/mol. The Balaban J connectivity index is 0.00000289. The first-order valence-electron chi connectivity index (χ1n) is 11.1. The second kappa shape index (κ2) is 16.4. The van der Waals surface area contributed by atoms with Crippen LogP contribution in [0, 0.1) is 0 Å². The maximum Gasteiger partial charge on any atom is 0.136 e. The van der Waals surface area contributed by atoms with Crippen LogP contribution in [0.15, 0.2) is 47.0 Å². The van der Waals surface area contributed by atoms with Gasteiger partial charge in [0.05, 0.1) is 6.61 Å². The summed E-state index contributed by atoms with van der Waals surface area (Å²) in [5.41, 5.74) is 1.81. The number of ether oxygens (including phenoxy) is 1. The third kappa shape index (κ3) is 9.41. The number of nitrogens with one attached hydrogen (secondary N) is 1. The number of fused-ring (bicyclic) bond motifs is 1. The summed E-state index contributed by atoms with van der Waals surface area (Å²) < 4.78 is 12.0. The van der Waals surface area contributed by atoms with E-state index in [2.05, 4.69) is 40.5 Å².